The molecule has 1 saturated heterocycles. The second-order valence-electron chi connectivity index (χ2n) is 7.84. The summed E-state index contributed by atoms with van der Waals surface area (Å²) in [6.45, 7) is 3.80. The molecule has 178 valence electrons. The van der Waals surface area contributed by atoms with Crippen LogP contribution in [0.2, 0.25) is 10.0 Å². The molecule has 0 bridgehead atoms. The molecule has 1 aliphatic rings. The third-order valence-corrected chi connectivity index (χ3v) is 7.18. The summed E-state index contributed by atoms with van der Waals surface area (Å²) < 4.78 is 6.07. The number of carbonyl (C=O) groups is 2. The van der Waals surface area contributed by atoms with Crippen LogP contribution in [-0.2, 0) is 9.59 Å². The van der Waals surface area contributed by atoms with Crippen LogP contribution in [0.3, 0.4) is 0 Å². The number of ether oxygens (including phenoxy) is 1. The molecule has 0 unspecified atom stereocenters. The Bertz CT molecular complexity index is 1370. The van der Waals surface area contributed by atoms with Crippen LogP contribution in [0.15, 0.2) is 65.6 Å². The van der Waals surface area contributed by atoms with E-state index < -0.39 is 0 Å². The zero-order valence-corrected chi connectivity index (χ0v) is 21.9. The van der Waals surface area contributed by atoms with Gasteiger partial charge in [0, 0.05) is 5.69 Å². The number of thioether (sulfide) groups is 1. The average molecular weight is 543 g/mol. The van der Waals surface area contributed by atoms with E-state index in [1.165, 1.54) is 16.7 Å². The van der Waals surface area contributed by atoms with E-state index in [2.05, 4.69) is 5.32 Å². The predicted octanol–water partition coefficient (Wildman–Crippen LogP) is 7.03. The predicted molar refractivity (Wildman–Crippen MR) is 149 cm³/mol. The highest BCUT2D eigenvalue weighted by atomic mass is 35.5. The molecular weight excluding hydrogens is 523 g/mol. The lowest BCUT2D eigenvalue weighted by Crippen LogP contribution is -2.27. The van der Waals surface area contributed by atoms with Gasteiger partial charge in [-0.25, -0.2) is 0 Å². The third-order valence-electron chi connectivity index (χ3n) is 5.14. The fourth-order valence-corrected chi connectivity index (χ4v) is 5.04. The van der Waals surface area contributed by atoms with Crippen LogP contribution < -0.4 is 15.0 Å². The highest BCUT2D eigenvalue weighted by Gasteiger charge is 2.33. The van der Waals surface area contributed by atoms with Crippen LogP contribution in [0.25, 0.3) is 6.08 Å². The first kappa shape index (κ1) is 25.3. The van der Waals surface area contributed by atoms with E-state index in [0.717, 1.165) is 22.4 Å². The third kappa shape index (κ3) is 6.05. The van der Waals surface area contributed by atoms with Gasteiger partial charge >= 0.3 is 0 Å². The van der Waals surface area contributed by atoms with E-state index in [9.17, 15) is 9.59 Å². The van der Waals surface area contributed by atoms with Crippen LogP contribution in [0.1, 0.15) is 16.7 Å². The van der Waals surface area contributed by atoms with Crippen molar-refractivity contribution < 1.29 is 14.3 Å². The summed E-state index contributed by atoms with van der Waals surface area (Å²) in [5.41, 5.74) is 4.16. The van der Waals surface area contributed by atoms with Crippen molar-refractivity contribution >= 4 is 80.8 Å². The molecule has 0 radical (unpaired) electrons. The topological polar surface area (TPSA) is 58.6 Å². The second kappa shape index (κ2) is 10.8. The number of carbonyl (C=O) groups excluding carboxylic acids is 2. The Balaban J connectivity index is 1.43. The van der Waals surface area contributed by atoms with Gasteiger partial charge in [-0.2, -0.15) is 0 Å². The number of hydrogen-bond acceptors (Lipinski definition) is 5. The van der Waals surface area contributed by atoms with Gasteiger partial charge in [0.1, 0.15) is 5.75 Å². The number of anilines is 2. The van der Waals surface area contributed by atoms with Gasteiger partial charge in [-0.15, -0.1) is 0 Å². The van der Waals surface area contributed by atoms with Gasteiger partial charge < -0.3 is 10.1 Å². The first-order valence-corrected chi connectivity index (χ1v) is 12.5. The van der Waals surface area contributed by atoms with Crippen molar-refractivity contribution in [2.24, 2.45) is 0 Å². The highest BCUT2D eigenvalue weighted by molar-refractivity contribution is 8.27. The quantitative estimate of drug-likeness (QED) is 0.267. The van der Waals surface area contributed by atoms with E-state index in [1.807, 2.05) is 38.1 Å². The lowest BCUT2D eigenvalue weighted by atomic mass is 10.1. The minimum Gasteiger partial charge on any atom is -0.484 e. The molecule has 1 heterocycles. The maximum absolute atomic E-state index is 13.0. The zero-order chi connectivity index (χ0) is 25.1. The second-order valence-corrected chi connectivity index (χ2v) is 10.3. The Labute approximate surface area is 223 Å². The van der Waals surface area contributed by atoms with E-state index in [1.54, 1.807) is 42.5 Å². The van der Waals surface area contributed by atoms with Gasteiger partial charge in [-0.3, -0.25) is 14.5 Å². The number of nitrogens with zero attached hydrogens (tertiary/aromatic N) is 1. The van der Waals surface area contributed by atoms with Crippen LogP contribution in [0.5, 0.6) is 5.75 Å². The Morgan fingerprint density at radius 2 is 1.89 bits per heavy atom. The monoisotopic (exact) mass is 542 g/mol. The molecule has 1 N–H and O–H groups in total. The van der Waals surface area contributed by atoms with Crippen molar-refractivity contribution in [1.29, 1.82) is 0 Å². The number of aryl methyl sites for hydroxylation is 2. The van der Waals surface area contributed by atoms with Gasteiger partial charge in [0.05, 0.1) is 20.6 Å². The summed E-state index contributed by atoms with van der Waals surface area (Å²) >= 11 is 18.7. The number of hydrogen-bond donors (Lipinski definition) is 1. The molecule has 1 fully saturated rings. The number of benzene rings is 3. The van der Waals surface area contributed by atoms with Crippen molar-refractivity contribution in [3.8, 4) is 5.75 Å². The summed E-state index contributed by atoms with van der Waals surface area (Å²) in [4.78, 5) is 27.3. The van der Waals surface area contributed by atoms with E-state index in [4.69, 9.17) is 40.2 Å². The summed E-state index contributed by atoms with van der Waals surface area (Å²) in [6, 6.07) is 17.9. The molecule has 3 aromatic rings. The maximum Gasteiger partial charge on any atom is 0.270 e. The number of halogens is 2. The van der Waals surface area contributed by atoms with Crippen molar-refractivity contribution in [3.63, 3.8) is 0 Å². The Morgan fingerprint density at radius 3 is 2.63 bits per heavy atom. The molecule has 1 aliphatic heterocycles. The maximum atomic E-state index is 13.0. The molecule has 0 aromatic heterocycles. The van der Waals surface area contributed by atoms with Gasteiger partial charge in [0.15, 0.2) is 10.9 Å². The molecule has 9 heteroatoms. The molecule has 0 atom stereocenters. The van der Waals surface area contributed by atoms with Crippen LogP contribution in [0.4, 0.5) is 11.4 Å². The van der Waals surface area contributed by atoms with Crippen molar-refractivity contribution in [2.75, 3.05) is 16.8 Å². The molecule has 0 saturated carbocycles. The molecule has 5 nitrogen and oxygen atoms in total. The summed E-state index contributed by atoms with van der Waals surface area (Å²) in [5, 5.41) is 3.60. The lowest BCUT2D eigenvalue weighted by molar-refractivity contribution is -0.118. The van der Waals surface area contributed by atoms with Crippen molar-refractivity contribution in [2.45, 2.75) is 13.8 Å². The smallest absolute Gasteiger partial charge is 0.270 e. The van der Waals surface area contributed by atoms with Crippen molar-refractivity contribution in [3.05, 3.63) is 92.3 Å². The minimum absolute atomic E-state index is 0.143. The molecule has 35 heavy (non-hydrogen) atoms. The Kier molecular flexibility index (Phi) is 7.82. The van der Waals surface area contributed by atoms with E-state index >= 15 is 0 Å². The van der Waals surface area contributed by atoms with Crippen LogP contribution in [-0.4, -0.2) is 22.7 Å². The number of rotatable bonds is 6. The fourth-order valence-electron chi connectivity index (χ4n) is 3.45. The molecule has 3 aromatic carbocycles. The van der Waals surface area contributed by atoms with E-state index in [-0.39, 0.29) is 18.4 Å². The molecule has 0 aliphatic carbocycles. The highest BCUT2D eigenvalue weighted by Crippen LogP contribution is 2.38. The summed E-state index contributed by atoms with van der Waals surface area (Å²) in [7, 11) is 0. The summed E-state index contributed by atoms with van der Waals surface area (Å²) in [6.07, 6.45) is 1.74. The number of thiocarbonyl (C=S) groups is 1. The standard InChI is InChI=1S/C26H20Cl2N2O3S2/c1-15-6-9-22(16(2)10-15)29-24(31)14-33-19-5-3-4-17(11-19)12-23-25(32)30(26(34)35-23)18-7-8-20(27)21(28)13-18/h3-13H,14H2,1-2H3,(H,29,31)/b23-12-. The van der Waals surface area contributed by atoms with Crippen LogP contribution >= 0.6 is 47.2 Å². The number of nitrogens with one attached hydrogen (secondary N) is 1. The molecular formula is C26H20Cl2N2O3S2. The summed E-state index contributed by atoms with van der Waals surface area (Å²) in [5.74, 6) is -0.00287. The number of amides is 2. The molecule has 2 amide bonds. The average Bonchev–Trinajstić information content (AvgIpc) is 3.09. The molecule has 4 rings (SSSR count). The van der Waals surface area contributed by atoms with Gasteiger partial charge in [0.2, 0.25) is 0 Å². The minimum atomic E-state index is -0.259. The van der Waals surface area contributed by atoms with E-state index in [0.29, 0.717) is 30.7 Å². The lowest BCUT2D eigenvalue weighted by Gasteiger charge is -2.15. The fraction of sp³-hybridized carbons (Fsp3) is 0.115. The Hall–Kier alpha value is -2.84. The first-order chi connectivity index (χ1) is 16.7. The zero-order valence-electron chi connectivity index (χ0n) is 18.8. The van der Waals surface area contributed by atoms with Crippen LogP contribution in [0, 0.1) is 13.8 Å². The van der Waals surface area contributed by atoms with Gasteiger partial charge in [-0.05, 0) is 67.4 Å². The van der Waals surface area contributed by atoms with Gasteiger partial charge in [0.25, 0.3) is 11.8 Å². The first-order valence-electron chi connectivity index (χ1n) is 10.5. The largest absolute Gasteiger partial charge is 0.484 e. The Morgan fingerprint density at radius 1 is 1.09 bits per heavy atom. The van der Waals surface area contributed by atoms with Gasteiger partial charge in [-0.1, -0.05) is 77.0 Å². The molecule has 0 spiro atoms. The normalized spacial score (nSPS) is 14.5. The SMILES string of the molecule is Cc1ccc(NC(=O)COc2cccc(/C=C3\SC(=S)N(c4ccc(Cl)c(Cl)c4)C3=O)c2)c(C)c1. The van der Waals surface area contributed by atoms with Crippen molar-refractivity contribution in [1.82, 2.24) is 0 Å².